The van der Waals surface area contributed by atoms with Gasteiger partial charge in [0.05, 0.1) is 24.2 Å². The van der Waals surface area contributed by atoms with Crippen molar-refractivity contribution in [1.82, 2.24) is 9.88 Å². The number of nitrogens with zero attached hydrogens (tertiary/aromatic N) is 2. The molecular formula is C16H16Cl2N2O3S. The van der Waals surface area contributed by atoms with Gasteiger partial charge in [-0.05, 0) is 24.6 Å². The number of halogens is 2. The van der Waals surface area contributed by atoms with E-state index in [0.717, 1.165) is 6.42 Å². The maximum Gasteiger partial charge on any atom is 0.357 e. The van der Waals surface area contributed by atoms with Gasteiger partial charge in [-0.15, -0.1) is 11.3 Å². The third kappa shape index (κ3) is 4.47. The van der Waals surface area contributed by atoms with Crippen molar-refractivity contribution in [2.45, 2.75) is 19.9 Å². The molecule has 0 aliphatic rings. The van der Waals surface area contributed by atoms with Crippen molar-refractivity contribution in [2.24, 2.45) is 0 Å². The lowest BCUT2D eigenvalue weighted by Gasteiger charge is -2.21. The summed E-state index contributed by atoms with van der Waals surface area (Å²) in [5.41, 5.74) is 0.630. The van der Waals surface area contributed by atoms with Crippen molar-refractivity contribution < 1.29 is 14.3 Å². The number of amides is 1. The third-order valence-corrected chi connectivity index (χ3v) is 4.60. The normalized spacial score (nSPS) is 10.5. The van der Waals surface area contributed by atoms with E-state index in [9.17, 15) is 9.59 Å². The second kappa shape index (κ2) is 8.46. The van der Waals surface area contributed by atoms with Crippen LogP contribution in [0.15, 0.2) is 23.6 Å². The lowest BCUT2D eigenvalue weighted by molar-refractivity contribution is 0.0594. The summed E-state index contributed by atoms with van der Waals surface area (Å²) in [6.07, 6.45) is 0.784. The minimum Gasteiger partial charge on any atom is -0.464 e. The summed E-state index contributed by atoms with van der Waals surface area (Å²) in [4.78, 5) is 30.1. The summed E-state index contributed by atoms with van der Waals surface area (Å²) in [7, 11) is 1.30. The van der Waals surface area contributed by atoms with Crippen molar-refractivity contribution in [2.75, 3.05) is 13.7 Å². The highest BCUT2D eigenvalue weighted by molar-refractivity contribution is 7.09. The third-order valence-electron chi connectivity index (χ3n) is 3.21. The average molecular weight is 387 g/mol. The van der Waals surface area contributed by atoms with E-state index in [4.69, 9.17) is 23.2 Å². The molecule has 1 aromatic heterocycles. The van der Waals surface area contributed by atoms with Gasteiger partial charge in [0.1, 0.15) is 5.01 Å². The predicted octanol–water partition coefficient (Wildman–Crippen LogP) is 4.29. The Balaban J connectivity index is 2.20. The van der Waals surface area contributed by atoms with Gasteiger partial charge in [0.15, 0.2) is 5.69 Å². The van der Waals surface area contributed by atoms with Gasteiger partial charge in [-0.2, -0.15) is 0 Å². The monoisotopic (exact) mass is 386 g/mol. The molecule has 0 unspecified atom stereocenters. The molecule has 0 spiro atoms. The van der Waals surface area contributed by atoms with Gasteiger partial charge in [-0.1, -0.05) is 30.1 Å². The largest absolute Gasteiger partial charge is 0.464 e. The number of hydrogen-bond acceptors (Lipinski definition) is 5. The fourth-order valence-corrected chi connectivity index (χ4v) is 3.37. The van der Waals surface area contributed by atoms with Crippen LogP contribution in [0.2, 0.25) is 10.0 Å². The summed E-state index contributed by atoms with van der Waals surface area (Å²) < 4.78 is 4.64. The minimum atomic E-state index is -0.494. The maximum atomic E-state index is 12.8. The molecule has 2 aromatic rings. The molecule has 0 radical (unpaired) electrons. The number of methoxy groups -OCH3 is 1. The zero-order chi connectivity index (χ0) is 17.7. The standard InChI is InChI=1S/C16H16Cl2N2O3S/c1-3-6-20(8-14-19-13(9-24-14)16(22)23-2)15(21)11-5-4-10(17)7-12(11)18/h4-5,7,9H,3,6,8H2,1-2H3. The fourth-order valence-electron chi connectivity index (χ4n) is 2.10. The second-order valence-corrected chi connectivity index (χ2v) is 6.76. The van der Waals surface area contributed by atoms with E-state index in [1.54, 1.807) is 28.5 Å². The first-order valence-electron chi connectivity index (χ1n) is 7.23. The quantitative estimate of drug-likeness (QED) is 0.694. The number of benzene rings is 1. The Kier molecular flexibility index (Phi) is 6.60. The first-order chi connectivity index (χ1) is 11.5. The molecule has 1 heterocycles. The summed E-state index contributed by atoms with van der Waals surface area (Å²) in [5, 5.41) is 3.05. The van der Waals surface area contributed by atoms with E-state index >= 15 is 0 Å². The molecule has 0 atom stereocenters. The Morgan fingerprint density at radius 3 is 2.71 bits per heavy atom. The number of hydrogen-bond donors (Lipinski definition) is 0. The molecule has 128 valence electrons. The maximum absolute atomic E-state index is 12.8. The number of aromatic nitrogens is 1. The minimum absolute atomic E-state index is 0.201. The van der Waals surface area contributed by atoms with Crippen LogP contribution < -0.4 is 0 Å². The van der Waals surface area contributed by atoms with E-state index in [2.05, 4.69) is 9.72 Å². The van der Waals surface area contributed by atoms with Crippen LogP contribution in [0, 0.1) is 0 Å². The van der Waals surface area contributed by atoms with Crippen LogP contribution in [0.4, 0.5) is 0 Å². The molecule has 0 saturated heterocycles. The van der Waals surface area contributed by atoms with Gasteiger partial charge in [-0.25, -0.2) is 9.78 Å². The summed E-state index contributed by atoms with van der Waals surface area (Å²) in [6.45, 7) is 2.82. The van der Waals surface area contributed by atoms with Gasteiger partial charge in [0.25, 0.3) is 5.91 Å². The van der Waals surface area contributed by atoms with Gasteiger partial charge >= 0.3 is 5.97 Å². The van der Waals surface area contributed by atoms with Crippen molar-refractivity contribution in [3.05, 3.63) is 49.9 Å². The number of carbonyl (C=O) groups is 2. The molecule has 1 amide bonds. The Hall–Kier alpha value is -1.63. The van der Waals surface area contributed by atoms with E-state index in [0.29, 0.717) is 33.7 Å². The Labute approximate surface area is 154 Å². The molecule has 0 fully saturated rings. The number of rotatable bonds is 6. The molecule has 0 N–H and O–H groups in total. The number of thiazole rings is 1. The first-order valence-corrected chi connectivity index (χ1v) is 8.86. The van der Waals surface area contributed by atoms with E-state index in [1.807, 2.05) is 6.92 Å². The van der Waals surface area contributed by atoms with Crippen molar-refractivity contribution in [3.63, 3.8) is 0 Å². The van der Waals surface area contributed by atoms with Crippen molar-refractivity contribution in [1.29, 1.82) is 0 Å². The van der Waals surface area contributed by atoms with Crippen LogP contribution in [0.25, 0.3) is 0 Å². The Morgan fingerprint density at radius 1 is 1.33 bits per heavy atom. The Bertz CT molecular complexity index is 749. The number of esters is 1. The molecule has 0 bridgehead atoms. The molecule has 0 aliphatic heterocycles. The summed E-state index contributed by atoms with van der Waals surface area (Å²) in [5.74, 6) is -0.694. The average Bonchev–Trinajstić information content (AvgIpc) is 3.02. The van der Waals surface area contributed by atoms with Crippen LogP contribution in [-0.2, 0) is 11.3 Å². The smallest absolute Gasteiger partial charge is 0.357 e. The number of ether oxygens (including phenoxy) is 1. The molecule has 0 aliphatic carbocycles. The summed E-state index contributed by atoms with van der Waals surface area (Å²) >= 11 is 13.3. The lowest BCUT2D eigenvalue weighted by atomic mass is 10.2. The van der Waals surface area contributed by atoms with Gasteiger partial charge in [-0.3, -0.25) is 4.79 Å². The van der Waals surface area contributed by atoms with E-state index in [1.165, 1.54) is 18.4 Å². The highest BCUT2D eigenvalue weighted by atomic mass is 35.5. The van der Waals surface area contributed by atoms with Crippen LogP contribution in [0.1, 0.15) is 39.2 Å². The van der Waals surface area contributed by atoms with Crippen molar-refractivity contribution >= 4 is 46.4 Å². The zero-order valence-corrected chi connectivity index (χ0v) is 15.5. The topological polar surface area (TPSA) is 59.5 Å². The van der Waals surface area contributed by atoms with Crippen LogP contribution in [-0.4, -0.2) is 35.4 Å². The van der Waals surface area contributed by atoms with E-state index < -0.39 is 5.97 Å². The molecule has 24 heavy (non-hydrogen) atoms. The van der Waals surface area contributed by atoms with Crippen molar-refractivity contribution in [3.8, 4) is 0 Å². The van der Waals surface area contributed by atoms with E-state index in [-0.39, 0.29) is 11.6 Å². The molecular weight excluding hydrogens is 371 g/mol. The first kappa shape index (κ1) is 18.7. The molecule has 1 aromatic carbocycles. The second-order valence-electron chi connectivity index (χ2n) is 4.97. The highest BCUT2D eigenvalue weighted by Gasteiger charge is 2.20. The van der Waals surface area contributed by atoms with Crippen LogP contribution >= 0.6 is 34.5 Å². The highest BCUT2D eigenvalue weighted by Crippen LogP contribution is 2.23. The van der Waals surface area contributed by atoms with Gasteiger partial charge in [0, 0.05) is 16.9 Å². The van der Waals surface area contributed by atoms with Crippen LogP contribution in [0.3, 0.4) is 0 Å². The zero-order valence-electron chi connectivity index (χ0n) is 13.2. The molecule has 2 rings (SSSR count). The predicted molar refractivity (Wildman–Crippen MR) is 94.9 cm³/mol. The fraction of sp³-hybridized carbons (Fsp3) is 0.312. The molecule has 5 nitrogen and oxygen atoms in total. The molecule has 8 heteroatoms. The Morgan fingerprint density at radius 2 is 2.08 bits per heavy atom. The summed E-state index contributed by atoms with van der Waals surface area (Å²) in [6, 6.07) is 4.78. The number of carbonyl (C=O) groups excluding carboxylic acids is 2. The van der Waals surface area contributed by atoms with Gasteiger partial charge < -0.3 is 9.64 Å². The SMILES string of the molecule is CCCN(Cc1nc(C(=O)OC)cs1)C(=O)c1ccc(Cl)cc1Cl. The van der Waals surface area contributed by atoms with Gasteiger partial charge in [0.2, 0.25) is 0 Å². The molecule has 0 saturated carbocycles. The lowest BCUT2D eigenvalue weighted by Crippen LogP contribution is -2.31. The van der Waals surface area contributed by atoms with Crippen LogP contribution in [0.5, 0.6) is 0 Å².